The highest BCUT2D eigenvalue weighted by Gasteiger charge is 2.25. The fraction of sp³-hybridized carbons (Fsp3) is 0.769. The maximum absolute atomic E-state index is 9.54. The summed E-state index contributed by atoms with van der Waals surface area (Å²) < 4.78 is 1.82. The average molecular weight is 271 g/mol. The summed E-state index contributed by atoms with van der Waals surface area (Å²) in [7, 11) is 1.93. The third kappa shape index (κ3) is 4.63. The van der Waals surface area contributed by atoms with Crippen molar-refractivity contribution in [3.63, 3.8) is 0 Å². The van der Waals surface area contributed by atoms with Gasteiger partial charge in [0, 0.05) is 23.7 Å². The second kappa shape index (κ2) is 7.81. The van der Waals surface area contributed by atoms with Crippen molar-refractivity contribution in [1.29, 1.82) is 0 Å². The zero-order chi connectivity index (χ0) is 13.4. The number of aliphatic hydroxyl groups excluding tert-OH is 1. The van der Waals surface area contributed by atoms with Gasteiger partial charge in [-0.3, -0.25) is 4.68 Å². The minimum absolute atomic E-state index is 0.0930. The lowest BCUT2D eigenvalue weighted by Gasteiger charge is -2.31. The molecule has 1 atom stereocenters. The summed E-state index contributed by atoms with van der Waals surface area (Å²) in [6.45, 7) is 5.34. The Kier molecular flexibility index (Phi) is 6.75. The van der Waals surface area contributed by atoms with Gasteiger partial charge in [0.25, 0.3) is 0 Å². The van der Waals surface area contributed by atoms with E-state index < -0.39 is 0 Å². The summed E-state index contributed by atoms with van der Waals surface area (Å²) in [5, 5.41) is 17.1. The lowest BCUT2D eigenvalue weighted by Crippen LogP contribution is -2.48. The van der Waals surface area contributed by atoms with Gasteiger partial charge in [-0.05, 0) is 31.6 Å². The zero-order valence-corrected chi connectivity index (χ0v) is 12.5. The normalized spacial score (nSPS) is 14.7. The molecule has 1 heterocycles. The van der Waals surface area contributed by atoms with Crippen molar-refractivity contribution in [1.82, 2.24) is 15.1 Å². The van der Waals surface area contributed by atoms with Crippen molar-refractivity contribution >= 4 is 11.8 Å². The molecule has 0 saturated carbocycles. The molecule has 0 amide bonds. The highest BCUT2D eigenvalue weighted by molar-refractivity contribution is 7.99. The predicted octanol–water partition coefficient (Wildman–Crippen LogP) is 2.04. The van der Waals surface area contributed by atoms with E-state index in [1.54, 1.807) is 0 Å². The molecule has 1 rings (SSSR count). The van der Waals surface area contributed by atoms with E-state index in [1.165, 1.54) is 4.90 Å². The van der Waals surface area contributed by atoms with Crippen LogP contribution in [0, 0.1) is 0 Å². The summed E-state index contributed by atoms with van der Waals surface area (Å²) in [6.07, 6.45) is 7.01. The molecule has 0 spiro atoms. The summed E-state index contributed by atoms with van der Waals surface area (Å²) in [5.74, 6) is 1.07. The van der Waals surface area contributed by atoms with Crippen molar-refractivity contribution in [3.05, 3.63) is 12.4 Å². The molecule has 18 heavy (non-hydrogen) atoms. The van der Waals surface area contributed by atoms with Gasteiger partial charge in [0.1, 0.15) is 0 Å². The molecule has 1 aromatic rings. The van der Waals surface area contributed by atoms with Crippen LogP contribution >= 0.6 is 11.8 Å². The van der Waals surface area contributed by atoms with Gasteiger partial charge >= 0.3 is 0 Å². The van der Waals surface area contributed by atoms with E-state index in [-0.39, 0.29) is 12.1 Å². The van der Waals surface area contributed by atoms with Crippen LogP contribution in [0.25, 0.3) is 0 Å². The molecule has 0 saturated heterocycles. The molecule has 0 radical (unpaired) electrons. The van der Waals surface area contributed by atoms with Gasteiger partial charge in [-0.2, -0.15) is 5.10 Å². The SMILES string of the molecule is CCNC(CC)(CO)CCCSc1cnn(C)c1. The monoisotopic (exact) mass is 271 g/mol. The van der Waals surface area contributed by atoms with Crippen molar-refractivity contribution in [2.75, 3.05) is 18.9 Å². The number of rotatable bonds is 9. The molecule has 0 bridgehead atoms. The fourth-order valence-corrected chi connectivity index (χ4v) is 2.96. The maximum atomic E-state index is 9.54. The second-order valence-corrected chi connectivity index (χ2v) is 5.79. The van der Waals surface area contributed by atoms with Crippen molar-refractivity contribution in [3.8, 4) is 0 Å². The lowest BCUT2D eigenvalue weighted by atomic mass is 9.91. The van der Waals surface area contributed by atoms with Crippen LogP contribution in [0.15, 0.2) is 17.3 Å². The third-order valence-electron chi connectivity index (χ3n) is 3.28. The number of aliphatic hydroxyl groups is 1. The van der Waals surface area contributed by atoms with Crippen LogP contribution in [0.3, 0.4) is 0 Å². The number of hydrogen-bond acceptors (Lipinski definition) is 4. The largest absolute Gasteiger partial charge is 0.394 e. The Hall–Kier alpha value is -0.520. The van der Waals surface area contributed by atoms with Crippen LogP contribution < -0.4 is 5.32 Å². The lowest BCUT2D eigenvalue weighted by molar-refractivity contribution is 0.148. The fourth-order valence-electron chi connectivity index (χ4n) is 2.09. The zero-order valence-electron chi connectivity index (χ0n) is 11.6. The Labute approximate surface area is 114 Å². The Morgan fingerprint density at radius 2 is 2.28 bits per heavy atom. The number of likely N-dealkylation sites (N-methyl/N-ethyl adjacent to an activating group) is 1. The number of aromatic nitrogens is 2. The molecule has 2 N–H and O–H groups in total. The predicted molar refractivity (Wildman–Crippen MR) is 77.0 cm³/mol. The Balaban J connectivity index is 2.30. The van der Waals surface area contributed by atoms with E-state index in [9.17, 15) is 5.11 Å². The molecule has 1 aromatic heterocycles. The smallest absolute Gasteiger partial charge is 0.0625 e. The number of nitrogens with zero attached hydrogens (tertiary/aromatic N) is 2. The van der Waals surface area contributed by atoms with Crippen LogP contribution in [-0.4, -0.2) is 39.3 Å². The number of hydrogen-bond donors (Lipinski definition) is 2. The molecule has 0 fully saturated rings. The molecule has 0 aliphatic heterocycles. The molecule has 0 aromatic carbocycles. The van der Waals surface area contributed by atoms with E-state index in [0.717, 1.165) is 31.6 Å². The van der Waals surface area contributed by atoms with Crippen LogP contribution in [-0.2, 0) is 7.05 Å². The van der Waals surface area contributed by atoms with Gasteiger partial charge in [0.05, 0.1) is 12.8 Å². The Morgan fingerprint density at radius 1 is 1.50 bits per heavy atom. The second-order valence-electron chi connectivity index (χ2n) is 4.62. The molecule has 0 aliphatic carbocycles. The highest BCUT2D eigenvalue weighted by atomic mass is 32.2. The van der Waals surface area contributed by atoms with Crippen molar-refractivity contribution in [2.24, 2.45) is 7.05 Å². The first-order valence-corrected chi connectivity index (χ1v) is 7.61. The summed E-state index contributed by atoms with van der Waals surface area (Å²) in [5.41, 5.74) is -0.0930. The molecule has 104 valence electrons. The Morgan fingerprint density at radius 3 is 2.78 bits per heavy atom. The first-order valence-electron chi connectivity index (χ1n) is 6.63. The molecular weight excluding hydrogens is 246 g/mol. The average Bonchev–Trinajstić information content (AvgIpc) is 2.79. The molecular formula is C13H25N3OS. The summed E-state index contributed by atoms with van der Waals surface area (Å²) >= 11 is 1.83. The van der Waals surface area contributed by atoms with Gasteiger partial charge in [-0.25, -0.2) is 0 Å². The van der Waals surface area contributed by atoms with E-state index >= 15 is 0 Å². The van der Waals surface area contributed by atoms with E-state index in [4.69, 9.17) is 0 Å². The van der Waals surface area contributed by atoms with Gasteiger partial charge in [-0.15, -0.1) is 11.8 Å². The van der Waals surface area contributed by atoms with Gasteiger partial charge in [-0.1, -0.05) is 13.8 Å². The standard InChI is InChI=1S/C13H25N3OS/c1-4-13(11-17,14-5-2)7-6-8-18-12-9-15-16(3)10-12/h9-10,14,17H,4-8,11H2,1-3H3. The number of nitrogens with one attached hydrogen (secondary N) is 1. The Bertz CT molecular complexity index is 337. The maximum Gasteiger partial charge on any atom is 0.0625 e. The highest BCUT2D eigenvalue weighted by Crippen LogP contribution is 2.22. The van der Waals surface area contributed by atoms with E-state index in [1.807, 2.05) is 35.9 Å². The van der Waals surface area contributed by atoms with Crippen LogP contribution in [0.2, 0.25) is 0 Å². The first kappa shape index (κ1) is 15.5. The van der Waals surface area contributed by atoms with E-state index in [0.29, 0.717) is 0 Å². The van der Waals surface area contributed by atoms with Gasteiger partial charge < -0.3 is 10.4 Å². The van der Waals surface area contributed by atoms with Crippen molar-refractivity contribution < 1.29 is 5.11 Å². The van der Waals surface area contributed by atoms with Gasteiger partial charge in [0.15, 0.2) is 0 Å². The topological polar surface area (TPSA) is 50.1 Å². The third-order valence-corrected chi connectivity index (χ3v) is 4.32. The van der Waals surface area contributed by atoms with E-state index in [2.05, 4.69) is 24.3 Å². The van der Waals surface area contributed by atoms with Crippen molar-refractivity contribution in [2.45, 2.75) is 43.5 Å². The molecule has 5 heteroatoms. The van der Waals surface area contributed by atoms with Crippen LogP contribution in [0.1, 0.15) is 33.1 Å². The molecule has 4 nitrogen and oxygen atoms in total. The molecule has 1 unspecified atom stereocenters. The van der Waals surface area contributed by atoms with Gasteiger partial charge in [0.2, 0.25) is 0 Å². The minimum Gasteiger partial charge on any atom is -0.394 e. The summed E-state index contributed by atoms with van der Waals surface area (Å²) in [4.78, 5) is 1.21. The quantitative estimate of drug-likeness (QED) is 0.533. The van der Waals surface area contributed by atoms with Crippen LogP contribution in [0.4, 0.5) is 0 Å². The van der Waals surface area contributed by atoms with Crippen LogP contribution in [0.5, 0.6) is 0 Å². The number of thioether (sulfide) groups is 1. The summed E-state index contributed by atoms with van der Waals surface area (Å²) in [6, 6.07) is 0. The first-order chi connectivity index (χ1) is 8.65. The minimum atomic E-state index is -0.0930. The molecule has 0 aliphatic rings. The number of aryl methyl sites for hydroxylation is 1.